The Bertz CT molecular complexity index is 418. The third kappa shape index (κ3) is 4.14. The van der Waals surface area contributed by atoms with E-state index >= 15 is 0 Å². The molecule has 0 radical (unpaired) electrons. The number of hydrogen-bond donors (Lipinski definition) is 1. The SMILES string of the molecule is CCOc1ccc(N/C=C/C(=O)OC)cc1F. The van der Waals surface area contributed by atoms with E-state index in [2.05, 4.69) is 10.1 Å². The molecule has 5 heteroatoms. The summed E-state index contributed by atoms with van der Waals surface area (Å²) in [5.41, 5.74) is 0.520. The maximum absolute atomic E-state index is 13.4. The molecule has 1 aromatic rings. The fourth-order valence-corrected chi connectivity index (χ4v) is 1.14. The molecule has 1 N–H and O–H groups in total. The molecule has 0 amide bonds. The second-order valence-corrected chi connectivity index (χ2v) is 3.08. The third-order valence-electron chi connectivity index (χ3n) is 1.90. The number of carbonyl (C=O) groups excluding carboxylic acids is 1. The van der Waals surface area contributed by atoms with Crippen LogP contribution in [0.5, 0.6) is 5.75 Å². The molecule has 0 saturated carbocycles. The molecule has 4 nitrogen and oxygen atoms in total. The molecule has 1 aromatic carbocycles. The molecule has 0 heterocycles. The summed E-state index contributed by atoms with van der Waals surface area (Å²) < 4.78 is 22.9. The summed E-state index contributed by atoms with van der Waals surface area (Å²) in [6.45, 7) is 2.19. The number of esters is 1. The highest BCUT2D eigenvalue weighted by molar-refractivity contribution is 5.82. The van der Waals surface area contributed by atoms with Crippen molar-refractivity contribution in [1.82, 2.24) is 0 Å². The van der Waals surface area contributed by atoms with Gasteiger partial charge in [-0.25, -0.2) is 9.18 Å². The highest BCUT2D eigenvalue weighted by atomic mass is 19.1. The molecule has 0 spiro atoms. The molecular weight excluding hydrogens is 225 g/mol. The number of benzene rings is 1. The molecule has 0 aliphatic heterocycles. The number of ether oxygens (including phenoxy) is 2. The van der Waals surface area contributed by atoms with Crippen LogP contribution in [0.3, 0.4) is 0 Å². The second kappa shape index (κ2) is 6.52. The van der Waals surface area contributed by atoms with Crippen molar-refractivity contribution in [3.05, 3.63) is 36.3 Å². The van der Waals surface area contributed by atoms with Crippen LogP contribution < -0.4 is 10.1 Å². The highest BCUT2D eigenvalue weighted by Gasteiger charge is 2.03. The molecule has 0 aliphatic rings. The number of anilines is 1. The predicted octanol–water partition coefficient (Wildman–Crippen LogP) is 2.32. The zero-order valence-corrected chi connectivity index (χ0v) is 9.70. The lowest BCUT2D eigenvalue weighted by atomic mass is 10.3. The van der Waals surface area contributed by atoms with Crippen molar-refractivity contribution < 1.29 is 18.7 Å². The highest BCUT2D eigenvalue weighted by Crippen LogP contribution is 2.20. The van der Waals surface area contributed by atoms with Crippen molar-refractivity contribution in [2.75, 3.05) is 19.0 Å². The minimum Gasteiger partial charge on any atom is -0.491 e. The topological polar surface area (TPSA) is 47.6 Å². The summed E-state index contributed by atoms with van der Waals surface area (Å²) in [4.78, 5) is 10.8. The van der Waals surface area contributed by atoms with E-state index in [1.165, 1.54) is 31.5 Å². The first kappa shape index (κ1) is 13.0. The van der Waals surface area contributed by atoms with E-state index in [4.69, 9.17) is 4.74 Å². The summed E-state index contributed by atoms with van der Waals surface area (Å²) in [6.07, 6.45) is 2.58. The number of halogens is 1. The van der Waals surface area contributed by atoms with Gasteiger partial charge in [-0.15, -0.1) is 0 Å². The van der Waals surface area contributed by atoms with E-state index in [-0.39, 0.29) is 5.75 Å². The van der Waals surface area contributed by atoms with Gasteiger partial charge in [0.05, 0.1) is 13.7 Å². The largest absolute Gasteiger partial charge is 0.491 e. The molecule has 0 saturated heterocycles. The van der Waals surface area contributed by atoms with E-state index in [1.54, 1.807) is 13.0 Å². The van der Waals surface area contributed by atoms with Crippen LogP contribution in [-0.2, 0) is 9.53 Å². The molecule has 0 bridgehead atoms. The lowest BCUT2D eigenvalue weighted by Gasteiger charge is -2.06. The first-order valence-electron chi connectivity index (χ1n) is 5.10. The monoisotopic (exact) mass is 239 g/mol. The van der Waals surface area contributed by atoms with Crippen LogP contribution in [0.15, 0.2) is 30.5 Å². The fourth-order valence-electron chi connectivity index (χ4n) is 1.14. The minimum absolute atomic E-state index is 0.204. The lowest BCUT2D eigenvalue weighted by molar-refractivity contribution is -0.134. The zero-order chi connectivity index (χ0) is 12.7. The van der Waals surface area contributed by atoms with Crippen molar-refractivity contribution >= 4 is 11.7 Å². The second-order valence-electron chi connectivity index (χ2n) is 3.08. The van der Waals surface area contributed by atoms with Gasteiger partial charge >= 0.3 is 5.97 Å². The van der Waals surface area contributed by atoms with Crippen molar-refractivity contribution in [2.24, 2.45) is 0 Å². The quantitative estimate of drug-likeness (QED) is 0.632. The predicted molar refractivity (Wildman–Crippen MR) is 62.3 cm³/mol. The van der Waals surface area contributed by atoms with Crippen LogP contribution in [0, 0.1) is 5.82 Å². The number of rotatable bonds is 5. The van der Waals surface area contributed by atoms with E-state index in [1.807, 2.05) is 0 Å². The Labute approximate surface area is 99.0 Å². The minimum atomic E-state index is -0.482. The number of methoxy groups -OCH3 is 1. The van der Waals surface area contributed by atoms with Crippen LogP contribution in [0.25, 0.3) is 0 Å². The van der Waals surface area contributed by atoms with Crippen LogP contribution in [0.1, 0.15) is 6.92 Å². The van der Waals surface area contributed by atoms with Crippen molar-refractivity contribution in [3.8, 4) is 5.75 Å². The van der Waals surface area contributed by atoms with Crippen LogP contribution in [0.4, 0.5) is 10.1 Å². The maximum Gasteiger partial charge on any atom is 0.331 e. The van der Waals surface area contributed by atoms with Crippen LogP contribution >= 0.6 is 0 Å². The van der Waals surface area contributed by atoms with Gasteiger partial charge in [0.25, 0.3) is 0 Å². The van der Waals surface area contributed by atoms with E-state index in [9.17, 15) is 9.18 Å². The summed E-state index contributed by atoms with van der Waals surface area (Å²) >= 11 is 0. The third-order valence-corrected chi connectivity index (χ3v) is 1.90. The fraction of sp³-hybridized carbons (Fsp3) is 0.250. The lowest BCUT2D eigenvalue weighted by Crippen LogP contribution is -1.98. The average Bonchev–Trinajstić information content (AvgIpc) is 2.32. The molecular formula is C12H14FNO3. The van der Waals surface area contributed by atoms with Gasteiger partial charge in [0, 0.05) is 24.0 Å². The average molecular weight is 239 g/mol. The van der Waals surface area contributed by atoms with Crippen molar-refractivity contribution in [2.45, 2.75) is 6.92 Å². The molecule has 0 fully saturated rings. The smallest absolute Gasteiger partial charge is 0.331 e. The van der Waals surface area contributed by atoms with Gasteiger partial charge in [0.2, 0.25) is 0 Å². The van der Waals surface area contributed by atoms with Crippen LogP contribution in [-0.4, -0.2) is 19.7 Å². The van der Waals surface area contributed by atoms with Gasteiger partial charge in [-0.1, -0.05) is 0 Å². The Morgan fingerprint density at radius 1 is 1.53 bits per heavy atom. The molecule has 0 aromatic heterocycles. The van der Waals surface area contributed by atoms with Gasteiger partial charge < -0.3 is 14.8 Å². The van der Waals surface area contributed by atoms with Gasteiger partial charge in [-0.2, -0.15) is 0 Å². The summed E-state index contributed by atoms with van der Waals surface area (Å²) in [6, 6.07) is 4.45. The molecule has 17 heavy (non-hydrogen) atoms. The Morgan fingerprint density at radius 3 is 2.88 bits per heavy atom. The van der Waals surface area contributed by atoms with Gasteiger partial charge in [0.1, 0.15) is 0 Å². The maximum atomic E-state index is 13.4. The standard InChI is InChI=1S/C12H14FNO3/c1-3-17-11-5-4-9(8-10(11)13)14-7-6-12(15)16-2/h4-8,14H,3H2,1-2H3/b7-6+. The van der Waals surface area contributed by atoms with Crippen molar-refractivity contribution in [3.63, 3.8) is 0 Å². The van der Waals surface area contributed by atoms with Gasteiger partial charge in [-0.05, 0) is 19.1 Å². The van der Waals surface area contributed by atoms with Gasteiger partial charge in [0.15, 0.2) is 11.6 Å². The van der Waals surface area contributed by atoms with E-state index in [0.717, 1.165) is 0 Å². The van der Waals surface area contributed by atoms with Crippen LogP contribution in [0.2, 0.25) is 0 Å². The molecule has 0 atom stereocenters. The molecule has 92 valence electrons. The Balaban J connectivity index is 2.64. The summed E-state index contributed by atoms with van der Waals surface area (Å²) in [5, 5.41) is 2.74. The van der Waals surface area contributed by atoms with Crippen molar-refractivity contribution in [1.29, 1.82) is 0 Å². The van der Waals surface area contributed by atoms with E-state index in [0.29, 0.717) is 12.3 Å². The molecule has 1 rings (SSSR count). The molecule has 0 aliphatic carbocycles. The normalized spacial score (nSPS) is 10.3. The summed E-state index contributed by atoms with van der Waals surface area (Å²) in [5.74, 6) is -0.734. The Morgan fingerprint density at radius 2 is 2.29 bits per heavy atom. The number of nitrogens with one attached hydrogen (secondary N) is 1. The number of carbonyl (C=O) groups is 1. The molecule has 0 unspecified atom stereocenters. The Hall–Kier alpha value is -2.04. The summed E-state index contributed by atoms with van der Waals surface area (Å²) in [7, 11) is 1.28. The zero-order valence-electron chi connectivity index (χ0n) is 9.70. The Kier molecular flexibility index (Phi) is 5.00. The first-order valence-corrected chi connectivity index (χ1v) is 5.10. The van der Waals surface area contributed by atoms with E-state index < -0.39 is 11.8 Å². The van der Waals surface area contributed by atoms with Gasteiger partial charge in [-0.3, -0.25) is 0 Å². The number of hydrogen-bond acceptors (Lipinski definition) is 4. The first-order chi connectivity index (χ1) is 8.17.